The first-order valence-electron chi connectivity index (χ1n) is 9.72. The van der Waals surface area contributed by atoms with Crippen LogP contribution in [0.15, 0.2) is 52.3 Å². The number of amides is 1. The van der Waals surface area contributed by atoms with Gasteiger partial charge >= 0.3 is 5.97 Å². The van der Waals surface area contributed by atoms with Gasteiger partial charge in [-0.1, -0.05) is 0 Å². The van der Waals surface area contributed by atoms with Gasteiger partial charge in [-0.05, 0) is 55.3 Å². The maximum absolute atomic E-state index is 12.6. The van der Waals surface area contributed by atoms with E-state index in [0.717, 1.165) is 17.7 Å². The first kappa shape index (κ1) is 21.5. The lowest BCUT2D eigenvalue weighted by Gasteiger charge is -2.16. The van der Waals surface area contributed by atoms with Crippen molar-refractivity contribution in [3.05, 3.63) is 53.6 Å². The van der Waals surface area contributed by atoms with E-state index in [0.29, 0.717) is 24.5 Å². The van der Waals surface area contributed by atoms with Gasteiger partial charge in [0.05, 0.1) is 21.9 Å². The first-order valence-corrected chi connectivity index (χ1v) is 12.1. The molecule has 1 fully saturated rings. The van der Waals surface area contributed by atoms with Crippen molar-refractivity contribution >= 4 is 45.1 Å². The molecule has 0 atom stereocenters. The maximum atomic E-state index is 12.6. The summed E-state index contributed by atoms with van der Waals surface area (Å²) < 4.78 is 31.6. The summed E-state index contributed by atoms with van der Waals surface area (Å²) in [6.45, 7) is 0.531. The van der Waals surface area contributed by atoms with Gasteiger partial charge in [-0.3, -0.25) is 9.59 Å². The number of esters is 1. The van der Waals surface area contributed by atoms with Crippen molar-refractivity contribution in [3.63, 3.8) is 0 Å². The largest absolute Gasteiger partial charge is 0.454 e. The van der Waals surface area contributed by atoms with Crippen molar-refractivity contribution in [1.82, 2.24) is 4.31 Å². The van der Waals surface area contributed by atoms with Crippen LogP contribution in [0.4, 0.5) is 5.69 Å². The molecule has 0 aromatic heterocycles. The lowest BCUT2D eigenvalue weighted by atomic mass is 10.1. The quantitative estimate of drug-likeness (QED) is 0.521. The number of nitrogens with one attached hydrogen (secondary N) is 1. The fraction of sp³-hybridized carbons (Fsp3) is 0.286. The highest BCUT2D eigenvalue weighted by Crippen LogP contribution is 2.32. The molecule has 1 N–H and O–H groups in total. The van der Waals surface area contributed by atoms with E-state index in [9.17, 15) is 22.8 Å². The minimum atomic E-state index is -3.55. The van der Waals surface area contributed by atoms with Crippen LogP contribution in [0.2, 0.25) is 0 Å². The normalized spacial score (nSPS) is 16.5. The summed E-state index contributed by atoms with van der Waals surface area (Å²) in [7, 11) is -3.55. The Morgan fingerprint density at radius 1 is 1.03 bits per heavy atom. The monoisotopic (exact) mass is 460 g/mol. The zero-order valence-corrected chi connectivity index (χ0v) is 18.1. The second kappa shape index (κ2) is 8.81. The van der Waals surface area contributed by atoms with E-state index in [1.54, 1.807) is 12.1 Å². The van der Waals surface area contributed by atoms with Gasteiger partial charge in [-0.25, -0.2) is 13.2 Å². The number of carbonyl (C=O) groups is 3. The standard InChI is InChI=1S/C21H20N2O6S2/c24-18(14-3-6-16(7-4-14)31(27,28)23-9-1-2-10-23)12-29-21(26)15-5-8-19-17(11-15)22-20(25)13-30-19/h3-8,11H,1-2,9-10,12-13H2,(H,22,25). The molecule has 2 aliphatic rings. The number of carbonyl (C=O) groups excluding carboxylic acids is 3. The van der Waals surface area contributed by atoms with Gasteiger partial charge in [0.15, 0.2) is 12.4 Å². The van der Waals surface area contributed by atoms with E-state index in [2.05, 4.69) is 5.32 Å². The van der Waals surface area contributed by atoms with E-state index in [-0.39, 0.29) is 21.9 Å². The highest BCUT2D eigenvalue weighted by Gasteiger charge is 2.27. The molecule has 8 nitrogen and oxygen atoms in total. The van der Waals surface area contributed by atoms with Gasteiger partial charge in [0, 0.05) is 23.5 Å². The fourth-order valence-electron chi connectivity index (χ4n) is 3.40. The zero-order valence-electron chi connectivity index (χ0n) is 16.5. The van der Waals surface area contributed by atoms with Crippen LogP contribution in [-0.4, -0.2) is 55.8 Å². The van der Waals surface area contributed by atoms with Crippen LogP contribution in [-0.2, 0) is 19.6 Å². The van der Waals surface area contributed by atoms with Crippen LogP contribution < -0.4 is 5.32 Å². The number of benzene rings is 2. The Balaban J connectivity index is 1.38. The Morgan fingerprint density at radius 3 is 2.42 bits per heavy atom. The smallest absolute Gasteiger partial charge is 0.338 e. The number of ether oxygens (including phenoxy) is 1. The average molecular weight is 461 g/mol. The molecule has 0 aliphatic carbocycles. The molecule has 2 heterocycles. The van der Waals surface area contributed by atoms with Crippen LogP contribution in [0, 0.1) is 0 Å². The van der Waals surface area contributed by atoms with Crippen LogP contribution >= 0.6 is 11.8 Å². The Labute approximate surface area is 184 Å². The third-order valence-electron chi connectivity index (χ3n) is 5.06. The van der Waals surface area contributed by atoms with E-state index in [1.165, 1.54) is 46.4 Å². The lowest BCUT2D eigenvalue weighted by Crippen LogP contribution is -2.27. The van der Waals surface area contributed by atoms with Crippen molar-refractivity contribution in [2.75, 3.05) is 30.8 Å². The van der Waals surface area contributed by atoms with Gasteiger partial charge in [0.1, 0.15) is 0 Å². The molecule has 1 amide bonds. The van der Waals surface area contributed by atoms with Crippen molar-refractivity contribution in [3.8, 4) is 0 Å². The minimum Gasteiger partial charge on any atom is -0.454 e. The molecule has 10 heteroatoms. The van der Waals surface area contributed by atoms with Crippen molar-refractivity contribution < 1.29 is 27.5 Å². The van der Waals surface area contributed by atoms with E-state index >= 15 is 0 Å². The number of ketones is 1. The Kier molecular flexibility index (Phi) is 6.12. The number of rotatable bonds is 6. The molecule has 0 unspecified atom stereocenters. The molecular formula is C21H20N2O6S2. The van der Waals surface area contributed by atoms with E-state index < -0.39 is 28.4 Å². The van der Waals surface area contributed by atoms with Gasteiger partial charge < -0.3 is 10.1 Å². The van der Waals surface area contributed by atoms with Crippen LogP contribution in [0.25, 0.3) is 0 Å². The predicted octanol–water partition coefficient (Wildman–Crippen LogP) is 2.56. The molecule has 2 aromatic carbocycles. The number of hydrogen-bond donors (Lipinski definition) is 1. The van der Waals surface area contributed by atoms with Crippen LogP contribution in [0.3, 0.4) is 0 Å². The molecule has 2 aliphatic heterocycles. The van der Waals surface area contributed by atoms with Gasteiger partial charge in [-0.2, -0.15) is 4.31 Å². The predicted molar refractivity (Wildman–Crippen MR) is 115 cm³/mol. The number of anilines is 1. The highest BCUT2D eigenvalue weighted by molar-refractivity contribution is 8.00. The minimum absolute atomic E-state index is 0.136. The molecule has 1 saturated heterocycles. The zero-order chi connectivity index (χ0) is 22.0. The molecule has 162 valence electrons. The number of fused-ring (bicyclic) bond motifs is 1. The summed E-state index contributed by atoms with van der Waals surface area (Å²) in [4.78, 5) is 37.2. The van der Waals surface area contributed by atoms with E-state index in [1.807, 2.05) is 0 Å². The number of nitrogens with zero attached hydrogens (tertiary/aromatic N) is 1. The average Bonchev–Trinajstić information content (AvgIpc) is 3.32. The van der Waals surface area contributed by atoms with Crippen molar-refractivity contribution in [1.29, 1.82) is 0 Å². The molecule has 0 spiro atoms. The number of sulfonamides is 1. The maximum Gasteiger partial charge on any atom is 0.338 e. The van der Waals surface area contributed by atoms with Gasteiger partial charge in [0.25, 0.3) is 0 Å². The van der Waals surface area contributed by atoms with Crippen LogP contribution in [0.1, 0.15) is 33.6 Å². The molecular weight excluding hydrogens is 440 g/mol. The third kappa shape index (κ3) is 4.65. The molecule has 0 saturated carbocycles. The number of hydrogen-bond acceptors (Lipinski definition) is 7. The Morgan fingerprint density at radius 2 is 1.71 bits per heavy atom. The molecule has 0 radical (unpaired) electrons. The van der Waals surface area contributed by atoms with Gasteiger partial charge in [0.2, 0.25) is 15.9 Å². The van der Waals surface area contributed by atoms with E-state index in [4.69, 9.17) is 4.74 Å². The summed E-state index contributed by atoms with van der Waals surface area (Å²) in [5, 5.41) is 2.70. The van der Waals surface area contributed by atoms with Gasteiger partial charge in [-0.15, -0.1) is 11.8 Å². The van der Waals surface area contributed by atoms with Crippen molar-refractivity contribution in [2.45, 2.75) is 22.6 Å². The summed E-state index contributed by atoms with van der Waals surface area (Å²) in [6, 6.07) is 10.4. The number of Topliss-reactive ketones (excluding diaryl/α,β-unsaturated/α-hetero) is 1. The Hall–Kier alpha value is -2.69. The Bertz CT molecular complexity index is 1140. The summed E-state index contributed by atoms with van der Waals surface area (Å²) >= 11 is 1.38. The SMILES string of the molecule is O=C1CSc2ccc(C(=O)OCC(=O)c3ccc(S(=O)(=O)N4CCCC4)cc3)cc2N1. The lowest BCUT2D eigenvalue weighted by molar-refractivity contribution is -0.113. The summed E-state index contributed by atoms with van der Waals surface area (Å²) in [5.74, 6) is -0.952. The highest BCUT2D eigenvalue weighted by atomic mass is 32.2. The second-order valence-electron chi connectivity index (χ2n) is 7.18. The summed E-state index contributed by atoms with van der Waals surface area (Å²) in [5.41, 5.74) is 1.01. The topological polar surface area (TPSA) is 110 Å². The van der Waals surface area contributed by atoms with Crippen molar-refractivity contribution in [2.24, 2.45) is 0 Å². The molecule has 4 rings (SSSR count). The molecule has 0 bridgehead atoms. The first-order chi connectivity index (χ1) is 14.8. The second-order valence-corrected chi connectivity index (χ2v) is 10.1. The molecule has 2 aromatic rings. The summed E-state index contributed by atoms with van der Waals surface area (Å²) in [6.07, 6.45) is 1.69. The third-order valence-corrected chi connectivity index (χ3v) is 8.05. The van der Waals surface area contributed by atoms with Crippen LogP contribution in [0.5, 0.6) is 0 Å². The fourth-order valence-corrected chi connectivity index (χ4v) is 5.70. The number of thioether (sulfide) groups is 1. The molecule has 31 heavy (non-hydrogen) atoms.